The van der Waals surface area contributed by atoms with Gasteiger partial charge in [-0.1, -0.05) is 18.0 Å². The van der Waals surface area contributed by atoms with Gasteiger partial charge in [-0.25, -0.2) is 0 Å². The summed E-state index contributed by atoms with van der Waals surface area (Å²) < 4.78 is 11.0. The Balaban J connectivity index is 1.30. The van der Waals surface area contributed by atoms with E-state index in [9.17, 15) is 4.79 Å². The molecule has 1 aliphatic heterocycles. The van der Waals surface area contributed by atoms with Crippen molar-refractivity contribution in [3.63, 3.8) is 0 Å². The topological polar surface area (TPSA) is 77.3 Å². The smallest absolute Gasteiger partial charge is 0.251 e. The number of fused-ring (bicyclic) bond motifs is 1. The largest absolute Gasteiger partial charge is 0.490 e. The van der Waals surface area contributed by atoms with Crippen molar-refractivity contribution in [1.82, 2.24) is 15.5 Å². The molecule has 2 aliphatic rings. The number of benzene rings is 1. The average Bonchev–Trinajstić information content (AvgIpc) is 3.33. The van der Waals surface area contributed by atoms with Crippen LogP contribution in [0.1, 0.15) is 66.2 Å². The number of hydrogen-bond acceptors (Lipinski definition) is 5. The van der Waals surface area contributed by atoms with Crippen molar-refractivity contribution in [2.24, 2.45) is 0 Å². The van der Waals surface area contributed by atoms with Gasteiger partial charge >= 0.3 is 0 Å². The third kappa shape index (κ3) is 3.52. The normalized spacial score (nSPS) is 19.6. The lowest BCUT2D eigenvalue weighted by molar-refractivity contribution is 0.0954. The zero-order chi connectivity index (χ0) is 17.2. The molecule has 6 heteroatoms. The highest BCUT2D eigenvalue weighted by molar-refractivity contribution is 5.94. The highest BCUT2D eigenvalue weighted by Gasteiger charge is 2.23. The van der Waals surface area contributed by atoms with Gasteiger partial charge in [-0.2, -0.15) is 4.98 Å². The van der Waals surface area contributed by atoms with Gasteiger partial charge in [0.15, 0.2) is 5.82 Å². The van der Waals surface area contributed by atoms with Crippen LogP contribution in [0.4, 0.5) is 0 Å². The summed E-state index contributed by atoms with van der Waals surface area (Å²) in [5, 5.41) is 6.96. The molecule has 1 N–H and O–H groups in total. The van der Waals surface area contributed by atoms with Crippen molar-refractivity contribution in [3.8, 4) is 5.75 Å². The van der Waals surface area contributed by atoms with E-state index in [4.69, 9.17) is 9.26 Å². The Hall–Kier alpha value is -2.37. The Kier molecular flexibility index (Phi) is 4.42. The third-order valence-electron chi connectivity index (χ3n) is 4.98. The molecule has 0 radical (unpaired) electrons. The van der Waals surface area contributed by atoms with E-state index in [1.54, 1.807) is 6.07 Å². The van der Waals surface area contributed by atoms with E-state index in [0.717, 1.165) is 36.5 Å². The van der Waals surface area contributed by atoms with Crippen LogP contribution in [-0.4, -0.2) is 28.7 Å². The number of aromatic nitrogens is 2. The molecule has 0 spiro atoms. The van der Waals surface area contributed by atoms with Gasteiger partial charge in [-0.15, -0.1) is 0 Å². The lowest BCUT2D eigenvalue weighted by Gasteiger charge is -2.05. The zero-order valence-corrected chi connectivity index (χ0v) is 14.5. The molecule has 4 rings (SSSR count). The van der Waals surface area contributed by atoms with Crippen molar-refractivity contribution in [1.29, 1.82) is 0 Å². The zero-order valence-electron chi connectivity index (χ0n) is 14.5. The van der Waals surface area contributed by atoms with Crippen molar-refractivity contribution in [2.75, 3.05) is 6.54 Å². The molecule has 132 valence electrons. The maximum absolute atomic E-state index is 12.3. The fourth-order valence-corrected chi connectivity index (χ4v) is 3.66. The van der Waals surface area contributed by atoms with Crippen LogP contribution in [0.5, 0.6) is 5.75 Å². The van der Waals surface area contributed by atoms with Gasteiger partial charge in [-0.3, -0.25) is 4.79 Å². The number of carbonyl (C=O) groups excluding carboxylic acids is 1. The molecule has 1 amide bonds. The lowest BCUT2D eigenvalue weighted by Crippen LogP contribution is -2.26. The Bertz CT molecular complexity index is 765. The molecule has 1 saturated carbocycles. The van der Waals surface area contributed by atoms with Crippen LogP contribution in [0.3, 0.4) is 0 Å². The monoisotopic (exact) mass is 341 g/mol. The van der Waals surface area contributed by atoms with Crippen molar-refractivity contribution < 1.29 is 14.1 Å². The molecule has 1 aromatic carbocycles. The Morgan fingerprint density at radius 1 is 1.32 bits per heavy atom. The summed E-state index contributed by atoms with van der Waals surface area (Å²) in [6.45, 7) is 2.52. The second-order valence-corrected chi connectivity index (χ2v) is 6.99. The van der Waals surface area contributed by atoms with Gasteiger partial charge in [0.25, 0.3) is 5.91 Å². The highest BCUT2D eigenvalue weighted by Crippen LogP contribution is 2.33. The molecule has 0 unspecified atom stereocenters. The lowest BCUT2D eigenvalue weighted by atomic mass is 10.1. The fraction of sp³-hybridized carbons (Fsp3) is 0.526. The Morgan fingerprint density at radius 2 is 2.16 bits per heavy atom. The summed E-state index contributed by atoms with van der Waals surface area (Å²) in [4.78, 5) is 16.8. The number of nitrogens with zero attached hydrogens (tertiary/aromatic N) is 2. The van der Waals surface area contributed by atoms with Crippen LogP contribution in [0.15, 0.2) is 22.7 Å². The first-order chi connectivity index (χ1) is 12.2. The maximum Gasteiger partial charge on any atom is 0.251 e. The minimum absolute atomic E-state index is 0.0816. The number of carbonyl (C=O) groups is 1. The SMILES string of the molecule is C[C@H]1Cc2cc(C(=O)NCCc3noc(C4CCCC4)n3)ccc2O1. The molecule has 1 aliphatic carbocycles. The average molecular weight is 341 g/mol. The molecule has 0 bridgehead atoms. The quantitative estimate of drug-likeness (QED) is 0.904. The molecule has 2 aromatic rings. The minimum atomic E-state index is -0.0816. The van der Waals surface area contributed by atoms with E-state index < -0.39 is 0 Å². The first kappa shape index (κ1) is 16.1. The van der Waals surface area contributed by atoms with E-state index in [2.05, 4.69) is 15.5 Å². The summed E-state index contributed by atoms with van der Waals surface area (Å²) in [7, 11) is 0. The molecule has 6 nitrogen and oxygen atoms in total. The molecular formula is C19H23N3O3. The van der Waals surface area contributed by atoms with Crippen molar-refractivity contribution in [2.45, 2.75) is 57.5 Å². The number of amides is 1. The van der Waals surface area contributed by atoms with E-state index in [0.29, 0.717) is 30.3 Å². The van der Waals surface area contributed by atoms with Gasteiger partial charge in [0.05, 0.1) is 0 Å². The number of hydrogen-bond donors (Lipinski definition) is 1. The molecule has 25 heavy (non-hydrogen) atoms. The first-order valence-corrected chi connectivity index (χ1v) is 9.09. The molecular weight excluding hydrogens is 318 g/mol. The highest BCUT2D eigenvalue weighted by atomic mass is 16.5. The van der Waals surface area contributed by atoms with Crippen LogP contribution in [-0.2, 0) is 12.8 Å². The fourth-order valence-electron chi connectivity index (χ4n) is 3.66. The van der Waals surface area contributed by atoms with Gasteiger partial charge in [0.1, 0.15) is 11.9 Å². The van der Waals surface area contributed by atoms with Gasteiger partial charge < -0.3 is 14.6 Å². The molecule has 2 heterocycles. The van der Waals surface area contributed by atoms with Crippen molar-refractivity contribution >= 4 is 5.91 Å². The third-order valence-corrected chi connectivity index (χ3v) is 4.98. The van der Waals surface area contributed by atoms with Gasteiger partial charge in [0, 0.05) is 30.9 Å². The standard InChI is InChI=1S/C19H23N3O3/c1-12-10-15-11-14(6-7-16(15)24-12)18(23)20-9-8-17-21-19(25-22-17)13-4-2-3-5-13/h6-7,11-13H,2-5,8-10H2,1H3,(H,20,23)/t12-/m0/s1. The first-order valence-electron chi connectivity index (χ1n) is 9.09. The van der Waals surface area contributed by atoms with E-state index in [1.807, 2.05) is 19.1 Å². The number of rotatable bonds is 5. The maximum atomic E-state index is 12.3. The van der Waals surface area contributed by atoms with E-state index in [-0.39, 0.29) is 12.0 Å². The van der Waals surface area contributed by atoms with Crippen molar-refractivity contribution in [3.05, 3.63) is 41.0 Å². The Morgan fingerprint density at radius 3 is 3.00 bits per heavy atom. The predicted molar refractivity (Wildman–Crippen MR) is 91.8 cm³/mol. The van der Waals surface area contributed by atoms with E-state index in [1.165, 1.54) is 12.8 Å². The summed E-state index contributed by atoms with van der Waals surface area (Å²) >= 11 is 0. The summed E-state index contributed by atoms with van der Waals surface area (Å²) in [5.74, 6) is 2.65. The molecule has 1 aromatic heterocycles. The summed E-state index contributed by atoms with van der Waals surface area (Å²) in [5.41, 5.74) is 1.76. The summed E-state index contributed by atoms with van der Waals surface area (Å²) in [6, 6.07) is 5.60. The van der Waals surface area contributed by atoms with Crippen LogP contribution >= 0.6 is 0 Å². The molecule has 1 fully saturated rings. The molecule has 1 atom stereocenters. The summed E-state index contributed by atoms with van der Waals surface area (Å²) in [6.07, 6.45) is 6.36. The second kappa shape index (κ2) is 6.86. The Labute approximate surface area is 147 Å². The number of nitrogens with one attached hydrogen (secondary N) is 1. The van der Waals surface area contributed by atoms with Crippen LogP contribution in [0.2, 0.25) is 0 Å². The minimum Gasteiger partial charge on any atom is -0.490 e. The second-order valence-electron chi connectivity index (χ2n) is 6.99. The number of ether oxygens (including phenoxy) is 1. The van der Waals surface area contributed by atoms with Gasteiger partial charge in [-0.05, 0) is 43.5 Å². The van der Waals surface area contributed by atoms with E-state index >= 15 is 0 Å². The van der Waals surface area contributed by atoms with Gasteiger partial charge in [0.2, 0.25) is 5.89 Å². The predicted octanol–water partition coefficient (Wildman–Crippen LogP) is 3.02. The van der Waals surface area contributed by atoms with Crippen LogP contribution < -0.4 is 10.1 Å². The molecule has 0 saturated heterocycles. The van der Waals surface area contributed by atoms with Crippen LogP contribution in [0, 0.1) is 0 Å². The van der Waals surface area contributed by atoms with Crippen LogP contribution in [0.25, 0.3) is 0 Å².